The van der Waals surface area contributed by atoms with E-state index in [0.717, 1.165) is 20.8 Å². The molecule has 0 aliphatic heterocycles. The summed E-state index contributed by atoms with van der Waals surface area (Å²) in [5.41, 5.74) is 2.66. The third-order valence-corrected chi connectivity index (χ3v) is 4.19. The quantitative estimate of drug-likeness (QED) is 0.572. The van der Waals surface area contributed by atoms with E-state index in [1.807, 2.05) is 12.4 Å². The van der Waals surface area contributed by atoms with Gasteiger partial charge in [0.1, 0.15) is 5.82 Å². The third-order valence-electron chi connectivity index (χ3n) is 3.09. The summed E-state index contributed by atoms with van der Waals surface area (Å²) in [5, 5.41) is 0. The second kappa shape index (κ2) is 6.70. The highest BCUT2D eigenvalue weighted by molar-refractivity contribution is 7.37. The Balaban J connectivity index is 2.07. The van der Waals surface area contributed by atoms with Crippen LogP contribution in [0.15, 0.2) is 36.7 Å². The molecule has 0 amide bonds. The number of benzene rings is 1. The number of nitrogens with zero attached hydrogens (tertiary/aromatic N) is 2. The average Bonchev–Trinajstić information content (AvgIpc) is 2.88. The molecule has 0 aliphatic carbocycles. The van der Waals surface area contributed by atoms with E-state index in [2.05, 4.69) is 47.7 Å². The second-order valence-electron chi connectivity index (χ2n) is 4.34. The average molecular weight is 260 g/mol. The third kappa shape index (κ3) is 3.20. The summed E-state index contributed by atoms with van der Waals surface area (Å²) in [6.45, 7) is 4.39. The minimum Gasteiger partial charge on any atom is -0.304 e. The molecule has 0 spiro atoms. The zero-order chi connectivity index (χ0) is 12.8. The van der Waals surface area contributed by atoms with Crippen molar-refractivity contribution in [3.8, 4) is 5.69 Å². The molecule has 0 bridgehead atoms. The van der Waals surface area contributed by atoms with Gasteiger partial charge in [-0.3, -0.25) is 0 Å². The van der Waals surface area contributed by atoms with Crippen LogP contribution in [0.5, 0.6) is 0 Å². The number of hydrogen-bond donors (Lipinski definition) is 0. The fourth-order valence-corrected chi connectivity index (χ4v) is 2.88. The van der Waals surface area contributed by atoms with E-state index in [4.69, 9.17) is 0 Å². The van der Waals surface area contributed by atoms with Crippen LogP contribution in [0.25, 0.3) is 5.69 Å². The molecule has 0 fully saturated rings. The number of aryl methyl sites for hydroxylation is 2. The summed E-state index contributed by atoms with van der Waals surface area (Å²) in [6, 6.07) is 8.89. The van der Waals surface area contributed by atoms with Crippen molar-refractivity contribution in [3.05, 3.63) is 48.0 Å². The highest BCUT2D eigenvalue weighted by atomic mass is 31.1. The molecule has 1 aromatic heterocycles. The standard InChI is InChI=1S/C15H21N2P/c1-3-15-16-10-11-17(15)14-7-5-13(6-8-14)9-12-18-4-2/h5-8,10-11,18H,3-4,9,12H2,1-2H3. The summed E-state index contributed by atoms with van der Waals surface area (Å²) in [7, 11) is 1.10. The normalized spacial score (nSPS) is 11.4. The lowest BCUT2D eigenvalue weighted by Gasteiger charge is -2.07. The van der Waals surface area contributed by atoms with E-state index in [1.54, 1.807) is 0 Å². The van der Waals surface area contributed by atoms with Gasteiger partial charge < -0.3 is 4.57 Å². The van der Waals surface area contributed by atoms with Crippen LogP contribution in [0.3, 0.4) is 0 Å². The molecule has 2 aromatic rings. The fraction of sp³-hybridized carbons (Fsp3) is 0.400. The molecule has 0 N–H and O–H groups in total. The Bertz CT molecular complexity index is 473. The second-order valence-corrected chi connectivity index (χ2v) is 6.04. The van der Waals surface area contributed by atoms with Gasteiger partial charge in [0.2, 0.25) is 0 Å². The Morgan fingerprint density at radius 3 is 2.61 bits per heavy atom. The van der Waals surface area contributed by atoms with E-state index in [0.29, 0.717) is 0 Å². The molecule has 96 valence electrons. The maximum atomic E-state index is 4.36. The fourth-order valence-electron chi connectivity index (χ4n) is 2.06. The van der Waals surface area contributed by atoms with Crippen LogP contribution < -0.4 is 0 Å². The van der Waals surface area contributed by atoms with E-state index in [9.17, 15) is 0 Å². The first kappa shape index (κ1) is 13.3. The van der Waals surface area contributed by atoms with Gasteiger partial charge in [0.15, 0.2) is 0 Å². The molecule has 1 atom stereocenters. The zero-order valence-electron chi connectivity index (χ0n) is 11.2. The highest BCUT2D eigenvalue weighted by Gasteiger charge is 2.02. The molecule has 18 heavy (non-hydrogen) atoms. The summed E-state index contributed by atoms with van der Waals surface area (Å²) in [6.07, 6.45) is 8.71. The molecule has 0 saturated heterocycles. The molecule has 1 aromatic carbocycles. The van der Waals surface area contributed by atoms with E-state index >= 15 is 0 Å². The van der Waals surface area contributed by atoms with Crippen LogP contribution >= 0.6 is 8.58 Å². The van der Waals surface area contributed by atoms with Gasteiger partial charge in [0.05, 0.1) is 0 Å². The first-order chi connectivity index (χ1) is 8.85. The molecule has 1 unspecified atom stereocenters. The van der Waals surface area contributed by atoms with Gasteiger partial charge in [-0.1, -0.05) is 26.0 Å². The molecule has 3 heteroatoms. The summed E-state index contributed by atoms with van der Waals surface area (Å²) in [5.74, 6) is 1.12. The smallest absolute Gasteiger partial charge is 0.112 e. The summed E-state index contributed by atoms with van der Waals surface area (Å²) < 4.78 is 2.16. The predicted molar refractivity (Wildman–Crippen MR) is 80.4 cm³/mol. The lowest BCUT2D eigenvalue weighted by Crippen LogP contribution is -1.99. The zero-order valence-corrected chi connectivity index (χ0v) is 12.2. The SMILES string of the molecule is CCPCCc1ccc(-n2ccnc2CC)cc1. The minimum absolute atomic E-state index is 0.965. The molecule has 2 nitrogen and oxygen atoms in total. The molecule has 1 heterocycles. The van der Waals surface area contributed by atoms with Gasteiger partial charge >= 0.3 is 0 Å². The first-order valence-electron chi connectivity index (χ1n) is 6.67. The largest absolute Gasteiger partial charge is 0.304 e. The van der Waals surface area contributed by atoms with Crippen LogP contribution in [0, 0.1) is 0 Å². The van der Waals surface area contributed by atoms with E-state index in [-0.39, 0.29) is 0 Å². The van der Waals surface area contributed by atoms with Crippen LogP contribution in [-0.4, -0.2) is 21.9 Å². The maximum Gasteiger partial charge on any atom is 0.112 e. The van der Waals surface area contributed by atoms with Crippen molar-refractivity contribution in [2.45, 2.75) is 26.7 Å². The van der Waals surface area contributed by atoms with Crippen molar-refractivity contribution in [2.75, 3.05) is 12.3 Å². The number of rotatable bonds is 6. The summed E-state index contributed by atoms with van der Waals surface area (Å²) in [4.78, 5) is 4.36. The maximum absolute atomic E-state index is 4.36. The van der Waals surface area contributed by atoms with Gasteiger partial charge in [-0.25, -0.2) is 4.98 Å². The Hall–Kier alpha value is -1.14. The Kier molecular flexibility index (Phi) is 4.95. The number of imidazole rings is 1. The van der Waals surface area contributed by atoms with Crippen molar-refractivity contribution < 1.29 is 0 Å². The van der Waals surface area contributed by atoms with Crippen molar-refractivity contribution in [2.24, 2.45) is 0 Å². The minimum atomic E-state index is 0.965. The Morgan fingerprint density at radius 2 is 1.94 bits per heavy atom. The number of aromatic nitrogens is 2. The predicted octanol–water partition coefficient (Wildman–Crippen LogP) is 3.68. The van der Waals surface area contributed by atoms with Crippen LogP contribution in [0.1, 0.15) is 25.2 Å². The molecule has 0 saturated carbocycles. The van der Waals surface area contributed by atoms with Gasteiger partial charge in [-0.2, -0.15) is 0 Å². The molecule has 0 radical (unpaired) electrons. The number of hydrogen-bond acceptors (Lipinski definition) is 1. The lowest BCUT2D eigenvalue weighted by atomic mass is 10.1. The Labute approximate surface area is 111 Å². The molecular formula is C15H21N2P. The van der Waals surface area contributed by atoms with Gasteiger partial charge in [0.25, 0.3) is 0 Å². The van der Waals surface area contributed by atoms with E-state index < -0.39 is 0 Å². The summed E-state index contributed by atoms with van der Waals surface area (Å²) >= 11 is 0. The van der Waals surface area contributed by atoms with Crippen molar-refractivity contribution in [1.29, 1.82) is 0 Å². The molecule has 0 aliphatic rings. The van der Waals surface area contributed by atoms with Crippen LogP contribution in [0.4, 0.5) is 0 Å². The van der Waals surface area contributed by atoms with Crippen LogP contribution in [0.2, 0.25) is 0 Å². The van der Waals surface area contributed by atoms with Gasteiger partial charge in [0, 0.05) is 24.5 Å². The molecular weight excluding hydrogens is 239 g/mol. The van der Waals surface area contributed by atoms with Gasteiger partial charge in [-0.05, 0) is 36.4 Å². The molecule has 2 rings (SSSR count). The lowest BCUT2D eigenvalue weighted by molar-refractivity contribution is 0.890. The highest BCUT2D eigenvalue weighted by Crippen LogP contribution is 2.15. The van der Waals surface area contributed by atoms with Crippen LogP contribution in [-0.2, 0) is 12.8 Å². The van der Waals surface area contributed by atoms with Crippen molar-refractivity contribution >= 4 is 8.58 Å². The van der Waals surface area contributed by atoms with Crippen molar-refractivity contribution in [3.63, 3.8) is 0 Å². The van der Waals surface area contributed by atoms with Gasteiger partial charge in [-0.15, -0.1) is 8.58 Å². The Morgan fingerprint density at radius 1 is 1.17 bits per heavy atom. The monoisotopic (exact) mass is 260 g/mol. The van der Waals surface area contributed by atoms with Crippen molar-refractivity contribution in [1.82, 2.24) is 9.55 Å². The van der Waals surface area contributed by atoms with E-state index in [1.165, 1.54) is 30.0 Å². The topological polar surface area (TPSA) is 17.8 Å². The first-order valence-corrected chi connectivity index (χ1v) is 8.08.